The molecule has 0 atom stereocenters. The van der Waals surface area contributed by atoms with E-state index < -0.39 is 0 Å². The quantitative estimate of drug-likeness (QED) is 0.553. The van der Waals surface area contributed by atoms with E-state index in [1.54, 1.807) is 6.20 Å². The van der Waals surface area contributed by atoms with Crippen LogP contribution in [-0.4, -0.2) is 44.7 Å². The van der Waals surface area contributed by atoms with Crippen molar-refractivity contribution in [3.63, 3.8) is 0 Å². The topological polar surface area (TPSA) is 83.0 Å². The number of nitrogens with zero attached hydrogens (tertiary/aromatic N) is 3. The minimum Gasteiger partial charge on any atom is -0.348 e. The van der Waals surface area contributed by atoms with Gasteiger partial charge in [0.1, 0.15) is 0 Å². The predicted molar refractivity (Wildman–Crippen MR) is 130 cm³/mol. The number of H-pyrrole nitrogens is 1. The third-order valence-corrected chi connectivity index (χ3v) is 6.88. The van der Waals surface area contributed by atoms with Crippen LogP contribution in [0.25, 0.3) is 10.9 Å². The van der Waals surface area contributed by atoms with Crippen molar-refractivity contribution in [1.29, 1.82) is 0 Å². The fraction of sp³-hybridized carbons (Fsp3) is 0.458. The van der Waals surface area contributed by atoms with E-state index in [9.17, 15) is 9.59 Å². The number of aromatic amines is 1. The number of likely N-dealkylation sites (tertiary alicyclic amines) is 1. The van der Waals surface area contributed by atoms with E-state index in [2.05, 4.69) is 54.8 Å². The number of aryl methyl sites for hydroxylation is 2. The Balaban J connectivity index is 1.57. The zero-order valence-corrected chi connectivity index (χ0v) is 20.6. The van der Waals surface area contributed by atoms with Gasteiger partial charge in [-0.3, -0.25) is 14.3 Å². The highest BCUT2D eigenvalue weighted by Crippen LogP contribution is 2.30. The molecule has 2 aromatic heterocycles. The summed E-state index contributed by atoms with van der Waals surface area (Å²) in [7, 11) is 0. The molecule has 1 aromatic carbocycles. The Morgan fingerprint density at radius 2 is 1.97 bits per heavy atom. The van der Waals surface area contributed by atoms with Gasteiger partial charge >= 0.3 is 0 Å². The molecule has 7 nitrogen and oxygen atoms in total. The van der Waals surface area contributed by atoms with Crippen molar-refractivity contribution >= 4 is 32.7 Å². The zero-order valence-electron chi connectivity index (χ0n) is 19.0. The lowest BCUT2D eigenvalue weighted by Crippen LogP contribution is -2.39. The first kappa shape index (κ1) is 22.7. The van der Waals surface area contributed by atoms with Crippen LogP contribution in [0.2, 0.25) is 0 Å². The normalized spacial score (nSPS) is 15.6. The molecule has 1 fully saturated rings. The molecule has 1 aliphatic rings. The van der Waals surface area contributed by atoms with Gasteiger partial charge in [-0.1, -0.05) is 15.9 Å². The van der Waals surface area contributed by atoms with Crippen LogP contribution in [0.4, 0.5) is 0 Å². The third kappa shape index (κ3) is 4.52. The number of carbonyl (C=O) groups is 1. The molecule has 3 heterocycles. The maximum Gasteiger partial charge on any atom is 0.253 e. The van der Waals surface area contributed by atoms with Gasteiger partial charge in [0.05, 0.1) is 23.3 Å². The first-order valence-corrected chi connectivity index (χ1v) is 11.9. The Hall–Kier alpha value is -2.45. The van der Waals surface area contributed by atoms with Gasteiger partial charge in [-0.05, 0) is 64.3 Å². The lowest BCUT2D eigenvalue weighted by atomic mass is 10.0. The van der Waals surface area contributed by atoms with Crippen LogP contribution >= 0.6 is 15.9 Å². The molecule has 1 amide bonds. The molecule has 0 saturated carbocycles. The highest BCUT2D eigenvalue weighted by molar-refractivity contribution is 9.10. The zero-order chi connectivity index (χ0) is 23.0. The molecule has 0 unspecified atom stereocenters. The van der Waals surface area contributed by atoms with E-state index in [1.807, 2.05) is 32.0 Å². The SMILES string of the molecule is Cc1cc(C)c(CNC(=O)c2cc(Br)cc3c2cnn3C2CCN(C(C)C)CC2)c(=O)[nH]1. The predicted octanol–water partition coefficient (Wildman–Crippen LogP) is 4.08. The first-order chi connectivity index (χ1) is 15.2. The van der Waals surface area contributed by atoms with E-state index in [4.69, 9.17) is 0 Å². The van der Waals surface area contributed by atoms with E-state index in [-0.39, 0.29) is 18.0 Å². The summed E-state index contributed by atoms with van der Waals surface area (Å²) in [6, 6.07) is 6.63. The molecule has 3 aromatic rings. The molecule has 8 heteroatoms. The van der Waals surface area contributed by atoms with E-state index in [0.717, 1.165) is 52.6 Å². The van der Waals surface area contributed by atoms with Gasteiger partial charge in [-0.2, -0.15) is 5.10 Å². The van der Waals surface area contributed by atoms with Gasteiger partial charge in [-0.25, -0.2) is 0 Å². The van der Waals surface area contributed by atoms with Crippen molar-refractivity contribution in [3.8, 4) is 0 Å². The number of hydrogen-bond donors (Lipinski definition) is 2. The highest BCUT2D eigenvalue weighted by Gasteiger charge is 2.25. The van der Waals surface area contributed by atoms with Crippen LogP contribution in [0.3, 0.4) is 0 Å². The third-order valence-electron chi connectivity index (χ3n) is 6.42. The molecule has 0 aliphatic carbocycles. The highest BCUT2D eigenvalue weighted by atomic mass is 79.9. The number of aromatic nitrogens is 3. The fourth-order valence-corrected chi connectivity index (χ4v) is 5.05. The average molecular weight is 500 g/mol. The number of carbonyl (C=O) groups excluding carboxylic acids is 1. The number of pyridine rings is 1. The number of benzene rings is 1. The van der Waals surface area contributed by atoms with Crippen molar-refractivity contribution in [3.05, 3.63) is 61.6 Å². The maximum absolute atomic E-state index is 13.1. The Morgan fingerprint density at radius 1 is 1.25 bits per heavy atom. The van der Waals surface area contributed by atoms with Crippen LogP contribution in [0.5, 0.6) is 0 Å². The molecule has 0 bridgehead atoms. The summed E-state index contributed by atoms with van der Waals surface area (Å²) < 4.78 is 2.91. The number of hydrogen-bond acceptors (Lipinski definition) is 4. The number of amides is 1. The fourth-order valence-electron chi connectivity index (χ4n) is 4.60. The molecule has 2 N–H and O–H groups in total. The summed E-state index contributed by atoms with van der Waals surface area (Å²) in [5.74, 6) is -0.218. The van der Waals surface area contributed by atoms with Crippen molar-refractivity contribution in [1.82, 2.24) is 25.0 Å². The second-order valence-electron chi connectivity index (χ2n) is 8.96. The molecule has 4 rings (SSSR count). The second-order valence-corrected chi connectivity index (χ2v) is 9.88. The van der Waals surface area contributed by atoms with Crippen molar-refractivity contribution in [2.24, 2.45) is 0 Å². The summed E-state index contributed by atoms with van der Waals surface area (Å²) in [5, 5.41) is 8.42. The van der Waals surface area contributed by atoms with Crippen molar-refractivity contribution in [2.75, 3.05) is 13.1 Å². The monoisotopic (exact) mass is 499 g/mol. The molecule has 1 aliphatic heterocycles. The maximum atomic E-state index is 13.1. The Labute approximate surface area is 196 Å². The van der Waals surface area contributed by atoms with E-state index >= 15 is 0 Å². The minimum atomic E-state index is -0.218. The number of piperidine rings is 1. The van der Waals surface area contributed by atoms with Crippen LogP contribution < -0.4 is 10.9 Å². The Kier molecular flexibility index (Phi) is 6.53. The van der Waals surface area contributed by atoms with Gasteiger partial charge < -0.3 is 15.2 Å². The van der Waals surface area contributed by atoms with Crippen molar-refractivity contribution in [2.45, 2.75) is 59.2 Å². The number of fused-ring (bicyclic) bond motifs is 1. The van der Waals surface area contributed by atoms with Crippen LogP contribution in [0.15, 0.2) is 33.7 Å². The molecule has 0 spiro atoms. The largest absolute Gasteiger partial charge is 0.348 e. The summed E-state index contributed by atoms with van der Waals surface area (Å²) in [5.41, 5.74) is 3.60. The smallest absolute Gasteiger partial charge is 0.253 e. The van der Waals surface area contributed by atoms with Gasteiger partial charge in [0.15, 0.2) is 0 Å². The Morgan fingerprint density at radius 3 is 2.62 bits per heavy atom. The lowest BCUT2D eigenvalue weighted by molar-refractivity contribution is 0.0952. The molecular formula is C24H30BrN5O2. The van der Waals surface area contributed by atoms with Gasteiger partial charge in [0.25, 0.3) is 11.5 Å². The summed E-state index contributed by atoms with van der Waals surface area (Å²) in [6.45, 7) is 10.5. The summed E-state index contributed by atoms with van der Waals surface area (Å²) in [4.78, 5) is 30.7. The van der Waals surface area contributed by atoms with E-state index in [0.29, 0.717) is 23.2 Å². The standard InChI is InChI=1S/C24H30BrN5O2/c1-14(2)29-7-5-18(6-8-29)30-22-11-17(25)10-19(21(22)13-27-30)23(31)26-12-20-15(3)9-16(4)28-24(20)32/h9-11,13-14,18H,5-8,12H2,1-4H3,(H,26,31)(H,28,32). The lowest BCUT2D eigenvalue weighted by Gasteiger charge is -2.34. The first-order valence-electron chi connectivity index (χ1n) is 11.1. The summed E-state index contributed by atoms with van der Waals surface area (Å²) >= 11 is 3.57. The molecule has 32 heavy (non-hydrogen) atoms. The molecule has 1 saturated heterocycles. The minimum absolute atomic E-state index is 0.164. The number of rotatable bonds is 5. The molecule has 170 valence electrons. The van der Waals surface area contributed by atoms with Gasteiger partial charge in [0.2, 0.25) is 0 Å². The Bertz CT molecular complexity index is 1210. The van der Waals surface area contributed by atoms with Crippen LogP contribution in [0, 0.1) is 13.8 Å². The van der Waals surface area contributed by atoms with E-state index in [1.165, 1.54) is 0 Å². The van der Waals surface area contributed by atoms with Gasteiger partial charge in [0, 0.05) is 46.8 Å². The second kappa shape index (κ2) is 9.19. The van der Waals surface area contributed by atoms with Crippen LogP contribution in [-0.2, 0) is 6.54 Å². The molecule has 0 radical (unpaired) electrons. The number of halogens is 1. The van der Waals surface area contributed by atoms with Crippen LogP contribution in [0.1, 0.15) is 59.9 Å². The summed E-state index contributed by atoms with van der Waals surface area (Å²) in [6.07, 6.45) is 3.87. The number of nitrogens with one attached hydrogen (secondary N) is 2. The molecular weight excluding hydrogens is 470 g/mol. The van der Waals surface area contributed by atoms with Crippen molar-refractivity contribution < 1.29 is 4.79 Å². The average Bonchev–Trinajstić information content (AvgIpc) is 3.15. The van der Waals surface area contributed by atoms with Gasteiger partial charge in [-0.15, -0.1) is 0 Å².